The average Bonchev–Trinajstić information content (AvgIpc) is 2.70. The number of halogens is 1. The molecule has 0 aliphatic heterocycles. The molecule has 0 spiro atoms. The minimum absolute atomic E-state index is 0.695. The van der Waals surface area contributed by atoms with Crippen LogP contribution in [0.1, 0.15) is 5.56 Å². The van der Waals surface area contributed by atoms with Gasteiger partial charge in [-0.05, 0) is 48.4 Å². The van der Waals surface area contributed by atoms with E-state index >= 15 is 0 Å². The van der Waals surface area contributed by atoms with Gasteiger partial charge in [-0.2, -0.15) is 0 Å². The molecule has 0 fully saturated rings. The molecule has 6 nitrogen and oxygen atoms in total. The van der Waals surface area contributed by atoms with E-state index in [1.165, 1.54) is 6.33 Å². The molecule has 0 unspecified atom stereocenters. The maximum absolute atomic E-state index is 5.91. The van der Waals surface area contributed by atoms with Crippen molar-refractivity contribution in [1.82, 2.24) is 9.97 Å². The van der Waals surface area contributed by atoms with Crippen molar-refractivity contribution in [3.63, 3.8) is 0 Å². The van der Waals surface area contributed by atoms with Crippen LogP contribution in [0.2, 0.25) is 5.02 Å². The van der Waals surface area contributed by atoms with Gasteiger partial charge in [0.1, 0.15) is 18.0 Å². The highest BCUT2D eigenvalue weighted by molar-refractivity contribution is 6.30. The molecule has 0 bridgehead atoms. The lowest BCUT2D eigenvalue weighted by molar-refractivity contribution is 0.354. The number of nitrogens with zero attached hydrogens (tertiary/aromatic N) is 2. The van der Waals surface area contributed by atoms with E-state index in [1.54, 1.807) is 14.2 Å². The molecule has 7 heteroatoms. The number of methoxy groups -OCH3 is 2. The second-order valence-corrected chi connectivity index (χ2v) is 6.22. The summed E-state index contributed by atoms with van der Waals surface area (Å²) < 4.78 is 10.6. The molecule has 0 radical (unpaired) electrons. The van der Waals surface area contributed by atoms with Crippen molar-refractivity contribution in [1.29, 1.82) is 0 Å². The van der Waals surface area contributed by atoms with Crippen LogP contribution in [0.5, 0.6) is 11.5 Å². The number of hydrogen-bond donors (Lipinski definition) is 2. The highest BCUT2D eigenvalue weighted by atomic mass is 35.5. The number of ether oxygens (including phenoxy) is 2. The quantitative estimate of drug-likeness (QED) is 0.594. The molecule has 2 aromatic carbocycles. The van der Waals surface area contributed by atoms with Gasteiger partial charge in [-0.15, -0.1) is 0 Å². The molecule has 1 aromatic heterocycles. The minimum Gasteiger partial charge on any atom is -0.493 e. The summed E-state index contributed by atoms with van der Waals surface area (Å²) in [6.07, 6.45) is 2.35. The number of benzene rings is 2. The van der Waals surface area contributed by atoms with Gasteiger partial charge in [0.25, 0.3) is 0 Å². The summed E-state index contributed by atoms with van der Waals surface area (Å²) >= 11 is 5.91. The smallest absolute Gasteiger partial charge is 0.160 e. The van der Waals surface area contributed by atoms with Crippen molar-refractivity contribution >= 4 is 28.9 Å². The second-order valence-electron chi connectivity index (χ2n) is 5.79. The Hall–Kier alpha value is -2.99. The van der Waals surface area contributed by atoms with E-state index in [9.17, 15) is 0 Å². The fraction of sp³-hybridized carbons (Fsp3) is 0.200. The molecule has 0 aliphatic rings. The van der Waals surface area contributed by atoms with Crippen molar-refractivity contribution in [2.45, 2.75) is 6.42 Å². The Morgan fingerprint density at radius 2 is 1.63 bits per heavy atom. The third-order valence-corrected chi connectivity index (χ3v) is 4.20. The molecule has 0 saturated carbocycles. The summed E-state index contributed by atoms with van der Waals surface area (Å²) in [6.45, 7) is 0.729. The Morgan fingerprint density at radius 3 is 2.37 bits per heavy atom. The molecule has 27 heavy (non-hydrogen) atoms. The summed E-state index contributed by atoms with van der Waals surface area (Å²) in [7, 11) is 3.26. The van der Waals surface area contributed by atoms with Crippen LogP contribution in [-0.2, 0) is 6.42 Å². The lowest BCUT2D eigenvalue weighted by Gasteiger charge is -2.11. The molecule has 0 saturated heterocycles. The molecule has 140 valence electrons. The summed E-state index contributed by atoms with van der Waals surface area (Å²) in [5, 5.41) is 7.23. The van der Waals surface area contributed by atoms with E-state index in [1.807, 2.05) is 48.5 Å². The summed E-state index contributed by atoms with van der Waals surface area (Å²) in [5.41, 5.74) is 2.06. The van der Waals surface area contributed by atoms with Crippen LogP contribution in [0.25, 0.3) is 0 Å². The van der Waals surface area contributed by atoms with Gasteiger partial charge in [-0.1, -0.05) is 17.7 Å². The van der Waals surface area contributed by atoms with Gasteiger partial charge in [0.05, 0.1) is 14.2 Å². The molecule has 2 N–H and O–H groups in total. The highest BCUT2D eigenvalue weighted by Gasteiger charge is 2.05. The SMILES string of the molecule is COc1ccc(CCNc2cc(Nc3ccc(Cl)cc3)ncn2)cc1OC. The number of anilines is 3. The van der Waals surface area contributed by atoms with Gasteiger partial charge < -0.3 is 20.1 Å². The zero-order valence-electron chi connectivity index (χ0n) is 15.2. The van der Waals surface area contributed by atoms with Crippen LogP contribution in [0.4, 0.5) is 17.3 Å². The van der Waals surface area contributed by atoms with Gasteiger partial charge in [-0.25, -0.2) is 9.97 Å². The first-order valence-electron chi connectivity index (χ1n) is 8.47. The number of aromatic nitrogens is 2. The Labute approximate surface area is 163 Å². The topological polar surface area (TPSA) is 68.3 Å². The van der Waals surface area contributed by atoms with Crippen LogP contribution in [-0.4, -0.2) is 30.7 Å². The van der Waals surface area contributed by atoms with Crippen LogP contribution in [0.15, 0.2) is 54.9 Å². The number of rotatable bonds is 8. The standard InChI is InChI=1S/C20H21ClN4O2/c1-26-17-8-3-14(11-18(17)27-2)9-10-22-19-12-20(24-13-23-19)25-16-6-4-15(21)5-7-16/h3-8,11-13H,9-10H2,1-2H3,(H2,22,23,24,25). The minimum atomic E-state index is 0.695. The van der Waals surface area contributed by atoms with Crippen LogP contribution in [0.3, 0.4) is 0 Å². The average molecular weight is 385 g/mol. The predicted octanol–water partition coefficient (Wildman–Crippen LogP) is 4.55. The van der Waals surface area contributed by atoms with Gasteiger partial charge in [0, 0.05) is 23.3 Å². The first-order chi connectivity index (χ1) is 13.2. The molecule has 0 amide bonds. The normalized spacial score (nSPS) is 10.3. The first-order valence-corrected chi connectivity index (χ1v) is 8.85. The maximum Gasteiger partial charge on any atom is 0.160 e. The molecule has 0 aliphatic carbocycles. The lowest BCUT2D eigenvalue weighted by Crippen LogP contribution is -2.07. The fourth-order valence-corrected chi connectivity index (χ4v) is 2.70. The van der Waals surface area contributed by atoms with Crippen molar-refractivity contribution in [2.75, 3.05) is 31.4 Å². The van der Waals surface area contributed by atoms with E-state index < -0.39 is 0 Å². The number of hydrogen-bond acceptors (Lipinski definition) is 6. The predicted molar refractivity (Wildman–Crippen MR) is 109 cm³/mol. The Balaban J connectivity index is 1.57. The summed E-state index contributed by atoms with van der Waals surface area (Å²) in [6, 6.07) is 15.2. The Morgan fingerprint density at radius 1 is 0.889 bits per heavy atom. The zero-order valence-corrected chi connectivity index (χ0v) is 16.0. The van der Waals surface area contributed by atoms with Crippen LogP contribution >= 0.6 is 11.6 Å². The van der Waals surface area contributed by atoms with Crippen LogP contribution < -0.4 is 20.1 Å². The van der Waals surface area contributed by atoms with Crippen molar-refractivity contribution in [3.8, 4) is 11.5 Å². The highest BCUT2D eigenvalue weighted by Crippen LogP contribution is 2.27. The van der Waals surface area contributed by atoms with Crippen molar-refractivity contribution in [3.05, 3.63) is 65.4 Å². The summed E-state index contributed by atoms with van der Waals surface area (Å²) in [4.78, 5) is 8.50. The van der Waals surface area contributed by atoms with Crippen LogP contribution in [0, 0.1) is 0 Å². The van der Waals surface area contributed by atoms with Gasteiger partial charge in [0.15, 0.2) is 11.5 Å². The molecular weight excluding hydrogens is 364 g/mol. The van der Waals surface area contributed by atoms with Crippen molar-refractivity contribution in [2.24, 2.45) is 0 Å². The molecule has 3 aromatic rings. The van der Waals surface area contributed by atoms with E-state index in [0.29, 0.717) is 10.8 Å². The lowest BCUT2D eigenvalue weighted by atomic mass is 10.1. The van der Waals surface area contributed by atoms with Gasteiger partial charge in [0.2, 0.25) is 0 Å². The monoisotopic (exact) mass is 384 g/mol. The third-order valence-electron chi connectivity index (χ3n) is 3.95. The van der Waals surface area contributed by atoms with E-state index in [4.69, 9.17) is 21.1 Å². The Bertz CT molecular complexity index is 887. The van der Waals surface area contributed by atoms with E-state index in [0.717, 1.165) is 41.5 Å². The molecule has 0 atom stereocenters. The van der Waals surface area contributed by atoms with E-state index in [2.05, 4.69) is 20.6 Å². The zero-order chi connectivity index (χ0) is 19.1. The first kappa shape index (κ1) is 18.8. The van der Waals surface area contributed by atoms with Crippen molar-refractivity contribution < 1.29 is 9.47 Å². The molecule has 1 heterocycles. The van der Waals surface area contributed by atoms with Gasteiger partial charge in [-0.3, -0.25) is 0 Å². The summed E-state index contributed by atoms with van der Waals surface area (Å²) in [5.74, 6) is 2.91. The second kappa shape index (κ2) is 9.09. The Kier molecular flexibility index (Phi) is 6.33. The molecular formula is C20H21ClN4O2. The fourth-order valence-electron chi connectivity index (χ4n) is 2.57. The van der Waals surface area contributed by atoms with Gasteiger partial charge >= 0.3 is 0 Å². The molecule has 3 rings (SSSR count). The third kappa shape index (κ3) is 5.24. The largest absolute Gasteiger partial charge is 0.493 e. The maximum atomic E-state index is 5.91. The van der Waals surface area contributed by atoms with E-state index in [-0.39, 0.29) is 0 Å². The number of nitrogens with one attached hydrogen (secondary N) is 2.